The third-order valence-electron chi connectivity index (χ3n) is 3.29. The predicted molar refractivity (Wildman–Crippen MR) is 96.4 cm³/mol. The Labute approximate surface area is 143 Å². The Morgan fingerprint density at radius 2 is 1.81 bits per heavy atom. The zero-order valence-corrected chi connectivity index (χ0v) is 16.0. The summed E-state index contributed by atoms with van der Waals surface area (Å²) >= 11 is 7.03. The Morgan fingerprint density at radius 1 is 1.14 bits per heavy atom. The maximum Gasteiger partial charge on any atom is 0.131 e. The van der Waals surface area contributed by atoms with Crippen molar-refractivity contribution in [1.29, 1.82) is 0 Å². The van der Waals surface area contributed by atoms with E-state index in [-0.39, 0.29) is 0 Å². The van der Waals surface area contributed by atoms with Gasteiger partial charge in [0.2, 0.25) is 0 Å². The number of halogens is 2. The summed E-state index contributed by atoms with van der Waals surface area (Å²) in [5.41, 5.74) is 8.29. The van der Waals surface area contributed by atoms with Gasteiger partial charge in [-0.2, -0.15) is 0 Å². The lowest BCUT2D eigenvalue weighted by atomic mass is 10.1. The molecule has 2 rings (SSSR count). The van der Waals surface area contributed by atoms with Crippen molar-refractivity contribution < 1.29 is 0 Å². The van der Waals surface area contributed by atoms with Crippen LogP contribution in [0, 0.1) is 5.92 Å². The molecule has 2 N–H and O–H groups in total. The maximum absolute atomic E-state index is 6.38. The molecule has 1 aromatic carbocycles. The maximum atomic E-state index is 6.38. The van der Waals surface area contributed by atoms with Gasteiger partial charge in [0.05, 0.1) is 0 Å². The zero-order valence-electron chi connectivity index (χ0n) is 12.8. The van der Waals surface area contributed by atoms with Crippen molar-refractivity contribution in [3.8, 4) is 11.3 Å². The monoisotopic (exact) mass is 413 g/mol. The molecule has 0 aliphatic rings. The first-order valence-electron chi connectivity index (χ1n) is 7.12. The summed E-state index contributed by atoms with van der Waals surface area (Å²) in [4.78, 5) is 4.81. The van der Waals surface area contributed by atoms with Crippen molar-refractivity contribution in [2.75, 3.05) is 5.73 Å². The molecular formula is C16H21Br2N3. The molecule has 3 nitrogen and oxygen atoms in total. The van der Waals surface area contributed by atoms with Gasteiger partial charge in [0.15, 0.2) is 0 Å². The molecule has 114 valence electrons. The Bertz CT molecular complexity index is 645. The Hall–Kier alpha value is -0.810. The van der Waals surface area contributed by atoms with Crippen molar-refractivity contribution in [3.05, 3.63) is 33.0 Å². The fraction of sp³-hybridized carbons (Fsp3) is 0.438. The molecule has 0 bridgehead atoms. The van der Waals surface area contributed by atoms with Gasteiger partial charge >= 0.3 is 0 Å². The minimum absolute atomic E-state index is 0.346. The molecule has 0 saturated heterocycles. The van der Waals surface area contributed by atoms with Crippen molar-refractivity contribution >= 4 is 37.7 Å². The van der Waals surface area contributed by atoms with Crippen molar-refractivity contribution in [2.45, 2.75) is 40.2 Å². The highest BCUT2D eigenvalue weighted by molar-refractivity contribution is 9.13. The van der Waals surface area contributed by atoms with E-state index in [1.54, 1.807) is 0 Å². The van der Waals surface area contributed by atoms with E-state index in [2.05, 4.69) is 64.1 Å². The van der Waals surface area contributed by atoms with E-state index < -0.39 is 0 Å². The molecule has 0 aliphatic carbocycles. The van der Waals surface area contributed by atoms with Crippen molar-refractivity contribution in [1.82, 2.24) is 9.55 Å². The molecule has 1 aromatic heterocycles. The number of nitrogens with two attached hydrogens (primary N) is 1. The number of nitrogen functional groups attached to an aromatic ring is 1. The van der Waals surface area contributed by atoms with Crippen LogP contribution in [0.3, 0.4) is 0 Å². The van der Waals surface area contributed by atoms with E-state index in [9.17, 15) is 0 Å². The average molecular weight is 415 g/mol. The van der Waals surface area contributed by atoms with E-state index in [0.29, 0.717) is 11.8 Å². The zero-order chi connectivity index (χ0) is 15.7. The van der Waals surface area contributed by atoms with Gasteiger partial charge in [0.1, 0.15) is 17.3 Å². The van der Waals surface area contributed by atoms with Crippen molar-refractivity contribution in [3.63, 3.8) is 0 Å². The molecule has 0 spiro atoms. The largest absolute Gasteiger partial charge is 0.383 e. The fourth-order valence-electron chi connectivity index (χ4n) is 2.34. The van der Waals surface area contributed by atoms with Crippen LogP contribution in [0.15, 0.2) is 27.1 Å². The summed E-state index contributed by atoms with van der Waals surface area (Å²) in [6.07, 6.45) is 0. The molecule has 0 fully saturated rings. The second kappa shape index (κ2) is 6.53. The van der Waals surface area contributed by atoms with Crippen LogP contribution in [-0.2, 0) is 6.54 Å². The smallest absolute Gasteiger partial charge is 0.131 e. The van der Waals surface area contributed by atoms with Crippen molar-refractivity contribution in [2.24, 2.45) is 5.92 Å². The van der Waals surface area contributed by atoms with Crippen LogP contribution in [0.25, 0.3) is 11.3 Å². The number of aromatic nitrogens is 2. The van der Waals surface area contributed by atoms with Gasteiger partial charge in [-0.1, -0.05) is 33.8 Å². The predicted octanol–water partition coefficient (Wildman–Crippen LogP) is 5.44. The number of hydrogen-bond acceptors (Lipinski definition) is 2. The topological polar surface area (TPSA) is 43.8 Å². The van der Waals surface area contributed by atoms with E-state index in [1.165, 1.54) is 0 Å². The van der Waals surface area contributed by atoms with Crippen LogP contribution < -0.4 is 5.73 Å². The minimum atomic E-state index is 0.346. The van der Waals surface area contributed by atoms with Gasteiger partial charge in [-0.25, -0.2) is 4.98 Å². The normalized spacial score (nSPS) is 11.6. The number of imidazole rings is 1. The SMILES string of the molecule is CC(C)Cn1c(C(C)C)nc(-c2ccc(Br)c(Br)c2)c1N. The first-order valence-corrected chi connectivity index (χ1v) is 8.71. The number of nitrogens with zero attached hydrogens (tertiary/aromatic N) is 2. The molecule has 0 radical (unpaired) electrons. The third-order valence-corrected chi connectivity index (χ3v) is 5.17. The number of hydrogen-bond donors (Lipinski definition) is 1. The fourth-order valence-corrected chi connectivity index (χ4v) is 2.96. The van der Waals surface area contributed by atoms with Crippen LogP contribution >= 0.6 is 31.9 Å². The minimum Gasteiger partial charge on any atom is -0.383 e. The molecular weight excluding hydrogens is 394 g/mol. The van der Waals surface area contributed by atoms with Crippen LogP contribution in [0.1, 0.15) is 39.4 Å². The highest BCUT2D eigenvalue weighted by Gasteiger charge is 2.19. The molecule has 1 heterocycles. The Morgan fingerprint density at radius 3 is 2.33 bits per heavy atom. The van der Waals surface area contributed by atoms with Crippen LogP contribution in [-0.4, -0.2) is 9.55 Å². The second-order valence-electron chi connectivity index (χ2n) is 5.99. The van der Waals surface area contributed by atoms with Crippen LogP contribution in [0.5, 0.6) is 0 Å². The third kappa shape index (κ3) is 3.51. The number of benzene rings is 1. The summed E-state index contributed by atoms with van der Waals surface area (Å²) in [5, 5.41) is 0. The van der Waals surface area contributed by atoms with Crippen LogP contribution in [0.2, 0.25) is 0 Å². The van der Waals surface area contributed by atoms with Gasteiger partial charge in [0.25, 0.3) is 0 Å². The molecule has 0 unspecified atom stereocenters. The highest BCUT2D eigenvalue weighted by atomic mass is 79.9. The van der Waals surface area contributed by atoms with Gasteiger partial charge < -0.3 is 10.3 Å². The quantitative estimate of drug-likeness (QED) is 0.723. The lowest BCUT2D eigenvalue weighted by Gasteiger charge is -2.14. The van der Waals surface area contributed by atoms with Gasteiger partial charge in [-0.3, -0.25) is 0 Å². The van der Waals surface area contributed by atoms with Gasteiger partial charge in [0, 0.05) is 27.0 Å². The molecule has 0 aliphatic heterocycles. The molecule has 0 atom stereocenters. The summed E-state index contributed by atoms with van der Waals surface area (Å²) < 4.78 is 4.18. The highest BCUT2D eigenvalue weighted by Crippen LogP contribution is 2.33. The van der Waals surface area contributed by atoms with Gasteiger partial charge in [-0.15, -0.1) is 0 Å². The lowest BCUT2D eigenvalue weighted by Crippen LogP contribution is -2.12. The molecule has 2 aromatic rings. The van der Waals surface area contributed by atoms with Crippen LogP contribution in [0.4, 0.5) is 5.82 Å². The lowest BCUT2D eigenvalue weighted by molar-refractivity contribution is 0.502. The van der Waals surface area contributed by atoms with E-state index in [0.717, 1.165) is 38.4 Å². The molecule has 0 saturated carbocycles. The van der Waals surface area contributed by atoms with Gasteiger partial charge in [-0.05, 0) is 49.9 Å². The molecule has 21 heavy (non-hydrogen) atoms. The second-order valence-corrected chi connectivity index (χ2v) is 7.70. The van der Waals surface area contributed by atoms with E-state index in [1.807, 2.05) is 18.2 Å². The number of anilines is 1. The molecule has 5 heteroatoms. The van der Waals surface area contributed by atoms with E-state index in [4.69, 9.17) is 10.7 Å². The Kier molecular flexibility index (Phi) is 5.15. The first-order chi connectivity index (χ1) is 9.81. The summed E-state index contributed by atoms with van der Waals surface area (Å²) in [7, 11) is 0. The standard InChI is InChI=1S/C16H21Br2N3/c1-9(2)8-21-15(19)14(20-16(21)10(3)4)11-5-6-12(17)13(18)7-11/h5-7,9-10H,8,19H2,1-4H3. The summed E-state index contributed by atoms with van der Waals surface area (Å²) in [6, 6.07) is 6.10. The Balaban J connectivity index is 2.56. The summed E-state index contributed by atoms with van der Waals surface area (Å²) in [5.74, 6) is 2.68. The average Bonchev–Trinajstić information content (AvgIpc) is 2.70. The first kappa shape index (κ1) is 16.6. The molecule has 0 amide bonds. The van der Waals surface area contributed by atoms with E-state index >= 15 is 0 Å². The summed E-state index contributed by atoms with van der Waals surface area (Å²) in [6.45, 7) is 9.59. The number of rotatable bonds is 4.